The molecule has 2 heterocycles. The minimum Gasteiger partial charge on any atom is -0.478 e. The van der Waals surface area contributed by atoms with Crippen molar-refractivity contribution in [3.8, 4) is 0 Å². The van der Waals surface area contributed by atoms with Crippen molar-refractivity contribution in [3.63, 3.8) is 0 Å². The van der Waals surface area contributed by atoms with E-state index in [2.05, 4.69) is 10.3 Å². The van der Waals surface area contributed by atoms with Crippen molar-refractivity contribution in [1.29, 1.82) is 0 Å². The van der Waals surface area contributed by atoms with Crippen molar-refractivity contribution in [3.05, 3.63) is 23.8 Å². The smallest absolute Gasteiger partial charge is 0.338 e. The lowest BCUT2D eigenvalue weighted by Crippen LogP contribution is -2.31. The third-order valence-corrected chi connectivity index (χ3v) is 3.42. The molecular formula is C12H13N3O3. The van der Waals surface area contributed by atoms with Gasteiger partial charge < -0.3 is 9.84 Å². The Kier molecular flexibility index (Phi) is 2.34. The number of fused-ring (bicyclic) bond motifs is 1. The number of rotatable bonds is 2. The molecule has 1 N–H and O–H groups in total. The van der Waals surface area contributed by atoms with Crippen LogP contribution in [0.1, 0.15) is 23.7 Å². The summed E-state index contributed by atoms with van der Waals surface area (Å²) in [5, 5.41) is 17.2. The summed E-state index contributed by atoms with van der Waals surface area (Å²) in [6.45, 7) is 3.31. The minimum absolute atomic E-state index is 0.182. The molecule has 94 valence electrons. The molecule has 1 aromatic carbocycles. The van der Waals surface area contributed by atoms with Crippen LogP contribution in [0.2, 0.25) is 0 Å². The fraction of sp³-hybridized carbons (Fsp3) is 0.417. The standard InChI is InChI=1S/C12H13N3O3/c1-12(5-6-18-7-12)15-9-4-2-3-8(11(16)17)10(9)13-14-15/h2-4H,5-7H2,1H3,(H,16,17). The molecule has 6 nitrogen and oxygen atoms in total. The summed E-state index contributed by atoms with van der Waals surface area (Å²) in [5.41, 5.74) is 1.11. The van der Waals surface area contributed by atoms with Gasteiger partial charge in [-0.25, -0.2) is 9.48 Å². The number of aromatic nitrogens is 3. The quantitative estimate of drug-likeness (QED) is 0.864. The number of nitrogens with zero attached hydrogens (tertiary/aromatic N) is 3. The van der Waals surface area contributed by atoms with Crippen LogP contribution < -0.4 is 0 Å². The van der Waals surface area contributed by atoms with Crippen LogP contribution in [-0.4, -0.2) is 39.3 Å². The van der Waals surface area contributed by atoms with E-state index in [1.165, 1.54) is 6.07 Å². The van der Waals surface area contributed by atoms with Gasteiger partial charge in [-0.3, -0.25) is 0 Å². The average molecular weight is 247 g/mol. The van der Waals surface area contributed by atoms with Gasteiger partial charge in [-0.05, 0) is 25.5 Å². The third kappa shape index (κ3) is 1.49. The Labute approximate surface area is 103 Å². The molecule has 0 spiro atoms. The van der Waals surface area contributed by atoms with Crippen molar-refractivity contribution in [2.75, 3.05) is 13.2 Å². The van der Waals surface area contributed by atoms with Gasteiger partial charge in [0.05, 0.1) is 23.2 Å². The van der Waals surface area contributed by atoms with Gasteiger partial charge in [-0.1, -0.05) is 11.3 Å². The zero-order valence-corrected chi connectivity index (χ0v) is 9.96. The molecule has 1 atom stereocenters. The summed E-state index contributed by atoms with van der Waals surface area (Å²) in [4.78, 5) is 11.1. The van der Waals surface area contributed by atoms with Crippen LogP contribution in [0.4, 0.5) is 0 Å². The number of benzene rings is 1. The lowest BCUT2D eigenvalue weighted by Gasteiger charge is -2.22. The number of carboxylic acid groups (broad SMARTS) is 1. The lowest BCUT2D eigenvalue weighted by molar-refractivity contribution is 0.0699. The first-order chi connectivity index (χ1) is 8.62. The Bertz CT molecular complexity index is 614. The number of hydrogen-bond donors (Lipinski definition) is 1. The van der Waals surface area contributed by atoms with Crippen LogP contribution in [0.25, 0.3) is 11.0 Å². The highest BCUT2D eigenvalue weighted by molar-refractivity contribution is 6.00. The van der Waals surface area contributed by atoms with Crippen molar-refractivity contribution in [1.82, 2.24) is 15.0 Å². The summed E-state index contributed by atoms with van der Waals surface area (Å²) in [6.07, 6.45) is 0.850. The van der Waals surface area contributed by atoms with Gasteiger partial charge in [-0.2, -0.15) is 0 Å². The van der Waals surface area contributed by atoms with E-state index < -0.39 is 5.97 Å². The van der Waals surface area contributed by atoms with Crippen LogP contribution in [0, 0.1) is 0 Å². The van der Waals surface area contributed by atoms with Crippen LogP contribution in [0.15, 0.2) is 18.2 Å². The first-order valence-electron chi connectivity index (χ1n) is 5.78. The SMILES string of the molecule is CC1(n2nnc3c(C(=O)O)cccc32)CCOC1. The number of ether oxygens (including phenoxy) is 1. The van der Waals surface area contributed by atoms with Crippen molar-refractivity contribution in [2.24, 2.45) is 0 Å². The molecule has 1 unspecified atom stereocenters. The van der Waals surface area contributed by atoms with E-state index in [-0.39, 0.29) is 11.1 Å². The largest absolute Gasteiger partial charge is 0.478 e. The molecule has 18 heavy (non-hydrogen) atoms. The maximum atomic E-state index is 11.1. The summed E-state index contributed by atoms with van der Waals surface area (Å²) in [6, 6.07) is 5.09. The highest BCUT2D eigenvalue weighted by Gasteiger charge is 2.34. The Morgan fingerprint density at radius 3 is 3.06 bits per heavy atom. The van der Waals surface area contributed by atoms with Gasteiger partial charge in [0.25, 0.3) is 0 Å². The van der Waals surface area contributed by atoms with E-state index in [9.17, 15) is 4.79 Å². The van der Waals surface area contributed by atoms with Crippen molar-refractivity contribution in [2.45, 2.75) is 18.9 Å². The monoisotopic (exact) mass is 247 g/mol. The van der Waals surface area contributed by atoms with E-state index >= 15 is 0 Å². The molecular weight excluding hydrogens is 234 g/mol. The topological polar surface area (TPSA) is 77.2 Å². The second-order valence-electron chi connectivity index (χ2n) is 4.78. The second kappa shape index (κ2) is 3.78. The van der Waals surface area contributed by atoms with Crippen molar-refractivity contribution < 1.29 is 14.6 Å². The third-order valence-electron chi connectivity index (χ3n) is 3.42. The molecule has 1 fully saturated rings. The van der Waals surface area contributed by atoms with Crippen LogP contribution >= 0.6 is 0 Å². The fourth-order valence-corrected chi connectivity index (χ4v) is 2.34. The maximum Gasteiger partial charge on any atom is 0.338 e. The Balaban J connectivity index is 2.21. The first kappa shape index (κ1) is 11.2. The number of carbonyl (C=O) groups is 1. The number of carboxylic acids is 1. The predicted octanol–water partition coefficient (Wildman–Crippen LogP) is 1.26. The Morgan fingerprint density at radius 1 is 1.56 bits per heavy atom. The van der Waals surface area contributed by atoms with Crippen molar-refractivity contribution >= 4 is 17.0 Å². The Morgan fingerprint density at radius 2 is 2.39 bits per heavy atom. The fourth-order valence-electron chi connectivity index (χ4n) is 2.34. The van der Waals surface area contributed by atoms with E-state index in [0.29, 0.717) is 18.7 Å². The van der Waals surface area contributed by atoms with E-state index in [0.717, 1.165) is 11.9 Å². The molecule has 3 rings (SSSR count). The summed E-state index contributed by atoms with van der Waals surface area (Å²) in [5.74, 6) is -0.986. The van der Waals surface area contributed by atoms with Gasteiger partial charge >= 0.3 is 5.97 Å². The van der Waals surface area contributed by atoms with Crippen LogP contribution in [-0.2, 0) is 10.3 Å². The van der Waals surface area contributed by atoms with Crippen LogP contribution in [0.5, 0.6) is 0 Å². The van der Waals surface area contributed by atoms with Gasteiger partial charge in [-0.15, -0.1) is 5.10 Å². The summed E-state index contributed by atoms with van der Waals surface area (Å²) in [7, 11) is 0. The maximum absolute atomic E-state index is 11.1. The molecule has 0 saturated carbocycles. The molecule has 0 radical (unpaired) electrons. The molecule has 2 aromatic rings. The highest BCUT2D eigenvalue weighted by atomic mass is 16.5. The zero-order chi connectivity index (χ0) is 12.8. The molecule has 1 aliphatic heterocycles. The predicted molar refractivity (Wildman–Crippen MR) is 63.6 cm³/mol. The molecule has 1 aliphatic rings. The minimum atomic E-state index is -0.986. The van der Waals surface area contributed by atoms with E-state index in [1.807, 2.05) is 13.0 Å². The molecule has 0 amide bonds. The lowest BCUT2D eigenvalue weighted by atomic mass is 10.0. The van der Waals surface area contributed by atoms with E-state index in [1.54, 1.807) is 10.7 Å². The van der Waals surface area contributed by atoms with Gasteiger partial charge in [0.1, 0.15) is 5.52 Å². The van der Waals surface area contributed by atoms with Gasteiger partial charge in [0.15, 0.2) is 0 Å². The zero-order valence-electron chi connectivity index (χ0n) is 9.96. The summed E-state index contributed by atoms with van der Waals surface area (Å²) >= 11 is 0. The van der Waals surface area contributed by atoms with E-state index in [4.69, 9.17) is 9.84 Å². The molecule has 0 bridgehead atoms. The van der Waals surface area contributed by atoms with Crippen LogP contribution in [0.3, 0.4) is 0 Å². The molecule has 1 saturated heterocycles. The first-order valence-corrected chi connectivity index (χ1v) is 5.78. The number of hydrogen-bond acceptors (Lipinski definition) is 4. The Hall–Kier alpha value is -1.95. The molecule has 6 heteroatoms. The number of aromatic carboxylic acids is 1. The van der Waals surface area contributed by atoms with Gasteiger partial charge in [0.2, 0.25) is 0 Å². The summed E-state index contributed by atoms with van der Waals surface area (Å²) < 4.78 is 7.19. The normalized spacial score (nSPS) is 23.6. The average Bonchev–Trinajstić information content (AvgIpc) is 2.94. The van der Waals surface area contributed by atoms with Gasteiger partial charge in [0, 0.05) is 6.61 Å². The molecule has 1 aromatic heterocycles. The highest BCUT2D eigenvalue weighted by Crippen LogP contribution is 2.29. The molecule has 0 aliphatic carbocycles. The second-order valence-corrected chi connectivity index (χ2v) is 4.78.